The van der Waals surface area contributed by atoms with E-state index in [4.69, 9.17) is 0 Å². The summed E-state index contributed by atoms with van der Waals surface area (Å²) in [5.74, 6) is -0.167. The first-order valence-electron chi connectivity index (χ1n) is 10.2. The zero-order valence-electron chi connectivity index (χ0n) is 17.0. The van der Waals surface area contributed by atoms with Crippen LogP contribution in [0, 0.1) is 6.92 Å². The van der Waals surface area contributed by atoms with Crippen LogP contribution in [0.4, 0.5) is 0 Å². The Morgan fingerprint density at radius 3 is 2.79 bits per heavy atom. The molecule has 2 aromatic heterocycles. The predicted molar refractivity (Wildman–Crippen MR) is 120 cm³/mol. The van der Waals surface area contributed by atoms with Gasteiger partial charge in [-0.2, -0.15) is 0 Å². The summed E-state index contributed by atoms with van der Waals surface area (Å²) in [6.07, 6.45) is 6.19. The molecule has 1 aliphatic rings. The van der Waals surface area contributed by atoms with Gasteiger partial charge in [-0.3, -0.25) is 9.59 Å². The largest absolute Gasteiger partial charge is 0.345 e. The zero-order valence-corrected chi connectivity index (χ0v) is 18.6. The third kappa shape index (κ3) is 3.90. The topological polar surface area (TPSA) is 66.9 Å². The number of aryl methyl sites for hydroxylation is 2. The standard InChI is InChI=1S/C23H26BrN3O2/c1-4-5-15-10-13(2)25-23(29)21(15)14(3)26-22(28)19-11-16(24)12-20-18(19)8-9-27(20)17-6-7-17/h8-12,14,17H,4-7H2,1-3H3,(H,25,29)(H,26,28). The number of fused-ring (bicyclic) bond motifs is 1. The second-order valence-electron chi connectivity index (χ2n) is 8.01. The van der Waals surface area contributed by atoms with Crippen molar-refractivity contribution in [3.63, 3.8) is 0 Å². The van der Waals surface area contributed by atoms with Crippen LogP contribution >= 0.6 is 15.9 Å². The van der Waals surface area contributed by atoms with Gasteiger partial charge in [-0.15, -0.1) is 0 Å². The van der Waals surface area contributed by atoms with Crippen molar-refractivity contribution in [3.05, 3.63) is 67.7 Å². The van der Waals surface area contributed by atoms with Crippen molar-refractivity contribution in [2.75, 3.05) is 0 Å². The minimum absolute atomic E-state index is 0.125. The highest BCUT2D eigenvalue weighted by Gasteiger charge is 2.26. The molecule has 0 bridgehead atoms. The Labute approximate surface area is 178 Å². The Balaban J connectivity index is 1.68. The molecule has 29 heavy (non-hydrogen) atoms. The number of hydrogen-bond donors (Lipinski definition) is 2. The third-order valence-corrected chi connectivity index (χ3v) is 6.04. The van der Waals surface area contributed by atoms with E-state index < -0.39 is 0 Å². The highest BCUT2D eigenvalue weighted by atomic mass is 79.9. The number of halogens is 1. The van der Waals surface area contributed by atoms with Gasteiger partial charge in [0.15, 0.2) is 0 Å². The average Bonchev–Trinajstić information content (AvgIpc) is 3.40. The van der Waals surface area contributed by atoms with Crippen molar-refractivity contribution < 1.29 is 4.79 Å². The van der Waals surface area contributed by atoms with E-state index in [0.717, 1.165) is 39.5 Å². The normalized spacial score (nSPS) is 14.9. The van der Waals surface area contributed by atoms with Gasteiger partial charge in [0.2, 0.25) is 0 Å². The Bertz CT molecular complexity index is 1140. The average molecular weight is 456 g/mol. The maximum absolute atomic E-state index is 13.2. The molecule has 2 heterocycles. The van der Waals surface area contributed by atoms with E-state index in [1.165, 1.54) is 12.8 Å². The Kier molecular flexibility index (Phi) is 5.38. The first-order valence-corrected chi connectivity index (χ1v) is 11.0. The fourth-order valence-corrected chi connectivity index (χ4v) is 4.60. The van der Waals surface area contributed by atoms with Crippen molar-refractivity contribution in [2.24, 2.45) is 0 Å². The molecule has 2 N–H and O–H groups in total. The first-order chi connectivity index (χ1) is 13.9. The molecule has 3 aromatic rings. The van der Waals surface area contributed by atoms with Crippen LogP contribution in [0.2, 0.25) is 0 Å². The lowest BCUT2D eigenvalue weighted by Crippen LogP contribution is -2.32. The maximum Gasteiger partial charge on any atom is 0.253 e. The van der Waals surface area contributed by atoms with Crippen molar-refractivity contribution in [3.8, 4) is 0 Å². The summed E-state index contributed by atoms with van der Waals surface area (Å²) < 4.78 is 3.13. The zero-order chi connectivity index (χ0) is 20.7. The Morgan fingerprint density at radius 1 is 1.34 bits per heavy atom. The van der Waals surface area contributed by atoms with Crippen molar-refractivity contribution in [2.45, 2.75) is 58.5 Å². The molecule has 1 aliphatic carbocycles. The molecular formula is C23H26BrN3O2. The molecular weight excluding hydrogens is 430 g/mol. The van der Waals surface area contributed by atoms with Crippen LogP contribution in [0.5, 0.6) is 0 Å². The number of rotatable bonds is 6. The molecule has 0 aliphatic heterocycles. The van der Waals surface area contributed by atoms with E-state index in [2.05, 4.69) is 50.0 Å². The SMILES string of the molecule is CCCc1cc(C)[nH]c(=O)c1C(C)NC(=O)c1cc(Br)cc2c1ccn2C1CC1. The number of aromatic nitrogens is 2. The summed E-state index contributed by atoms with van der Waals surface area (Å²) in [4.78, 5) is 28.7. The summed E-state index contributed by atoms with van der Waals surface area (Å²) in [6.45, 7) is 5.85. The lowest BCUT2D eigenvalue weighted by molar-refractivity contribution is 0.0941. The third-order valence-electron chi connectivity index (χ3n) is 5.58. The van der Waals surface area contributed by atoms with Crippen LogP contribution in [0.3, 0.4) is 0 Å². The van der Waals surface area contributed by atoms with Crippen molar-refractivity contribution in [1.29, 1.82) is 0 Å². The summed E-state index contributed by atoms with van der Waals surface area (Å²) in [6, 6.07) is 8.11. The monoisotopic (exact) mass is 455 g/mol. The second-order valence-corrected chi connectivity index (χ2v) is 8.92. The van der Waals surface area contributed by atoms with E-state index in [1.807, 2.05) is 32.0 Å². The van der Waals surface area contributed by atoms with E-state index in [0.29, 0.717) is 17.2 Å². The van der Waals surface area contributed by atoms with E-state index in [9.17, 15) is 9.59 Å². The van der Waals surface area contributed by atoms with Gasteiger partial charge in [-0.1, -0.05) is 29.3 Å². The van der Waals surface area contributed by atoms with Gasteiger partial charge in [0, 0.05) is 38.9 Å². The molecule has 6 heteroatoms. The molecule has 4 rings (SSSR count). The minimum Gasteiger partial charge on any atom is -0.345 e. The lowest BCUT2D eigenvalue weighted by atomic mass is 9.98. The van der Waals surface area contributed by atoms with Gasteiger partial charge >= 0.3 is 0 Å². The molecule has 1 fully saturated rings. The van der Waals surface area contributed by atoms with E-state index in [1.54, 1.807) is 0 Å². The minimum atomic E-state index is -0.382. The van der Waals surface area contributed by atoms with Gasteiger partial charge in [0.1, 0.15) is 0 Å². The quantitative estimate of drug-likeness (QED) is 0.537. The number of pyridine rings is 1. The number of nitrogens with zero attached hydrogens (tertiary/aromatic N) is 1. The van der Waals surface area contributed by atoms with E-state index >= 15 is 0 Å². The number of hydrogen-bond acceptors (Lipinski definition) is 2. The molecule has 0 saturated heterocycles. The van der Waals surface area contributed by atoms with Gasteiger partial charge in [0.05, 0.1) is 11.6 Å². The molecule has 1 unspecified atom stereocenters. The Hall–Kier alpha value is -2.34. The van der Waals surface area contributed by atoms with Crippen LogP contribution < -0.4 is 10.9 Å². The highest BCUT2D eigenvalue weighted by Crippen LogP contribution is 2.39. The molecule has 1 saturated carbocycles. The number of H-pyrrole nitrogens is 1. The van der Waals surface area contributed by atoms with Gasteiger partial charge in [-0.25, -0.2) is 0 Å². The van der Waals surface area contributed by atoms with E-state index in [-0.39, 0.29) is 17.5 Å². The van der Waals surface area contributed by atoms with Gasteiger partial charge in [-0.05, 0) is 62.9 Å². The number of aromatic amines is 1. The number of carbonyl (C=O) groups is 1. The summed E-state index contributed by atoms with van der Waals surface area (Å²) in [7, 11) is 0. The molecule has 1 amide bonds. The molecule has 0 spiro atoms. The number of benzene rings is 1. The molecule has 5 nitrogen and oxygen atoms in total. The fourth-order valence-electron chi connectivity index (χ4n) is 4.15. The highest BCUT2D eigenvalue weighted by molar-refractivity contribution is 9.10. The Morgan fingerprint density at radius 2 is 2.10 bits per heavy atom. The molecule has 0 radical (unpaired) electrons. The second kappa shape index (κ2) is 7.82. The number of carbonyl (C=O) groups excluding carboxylic acids is 1. The lowest BCUT2D eigenvalue weighted by Gasteiger charge is -2.18. The maximum atomic E-state index is 13.2. The smallest absolute Gasteiger partial charge is 0.253 e. The van der Waals surface area contributed by atoms with Gasteiger partial charge < -0.3 is 14.9 Å². The summed E-state index contributed by atoms with van der Waals surface area (Å²) in [5, 5.41) is 4.00. The predicted octanol–water partition coefficient (Wildman–Crippen LogP) is 5.18. The summed E-state index contributed by atoms with van der Waals surface area (Å²) >= 11 is 3.55. The van der Waals surface area contributed by atoms with Gasteiger partial charge in [0.25, 0.3) is 11.5 Å². The number of amides is 1. The van der Waals surface area contributed by atoms with Crippen LogP contribution in [0.15, 0.2) is 39.7 Å². The van der Waals surface area contributed by atoms with Crippen LogP contribution in [0.1, 0.15) is 72.4 Å². The first kappa shape index (κ1) is 20.0. The molecule has 1 atom stereocenters. The molecule has 1 aromatic carbocycles. The summed E-state index contributed by atoms with van der Waals surface area (Å²) in [5.41, 5.74) is 4.06. The van der Waals surface area contributed by atoms with Crippen LogP contribution in [0.25, 0.3) is 10.9 Å². The fraction of sp³-hybridized carbons (Fsp3) is 0.391. The van der Waals surface area contributed by atoms with Crippen molar-refractivity contribution >= 4 is 32.7 Å². The van der Waals surface area contributed by atoms with Crippen molar-refractivity contribution in [1.82, 2.24) is 14.9 Å². The molecule has 152 valence electrons. The van der Waals surface area contributed by atoms with Crippen LogP contribution in [-0.2, 0) is 6.42 Å². The van der Waals surface area contributed by atoms with Crippen LogP contribution in [-0.4, -0.2) is 15.5 Å². The number of nitrogens with one attached hydrogen (secondary N) is 2.